The Balaban J connectivity index is 2.13. The van der Waals surface area contributed by atoms with Crippen LogP contribution in [0.3, 0.4) is 0 Å². The molecule has 1 saturated heterocycles. The van der Waals surface area contributed by atoms with E-state index in [1.54, 1.807) is 19.4 Å². The Morgan fingerprint density at radius 2 is 2.24 bits per heavy atom. The molecule has 1 unspecified atom stereocenters. The van der Waals surface area contributed by atoms with Crippen LogP contribution in [0, 0.1) is 5.82 Å². The van der Waals surface area contributed by atoms with Crippen LogP contribution in [0.15, 0.2) is 12.3 Å². The number of methoxy groups -OCH3 is 1. The SMILES string of the molecule is COC1CCCN(c2nccc(CNC(C)(C)C)c2F)C1. The van der Waals surface area contributed by atoms with E-state index in [2.05, 4.69) is 31.1 Å². The third-order valence-corrected chi connectivity index (χ3v) is 3.77. The van der Waals surface area contributed by atoms with Gasteiger partial charge in [0.15, 0.2) is 11.6 Å². The summed E-state index contributed by atoms with van der Waals surface area (Å²) in [6.45, 7) is 8.26. The van der Waals surface area contributed by atoms with Crippen molar-refractivity contribution >= 4 is 5.82 Å². The highest BCUT2D eigenvalue weighted by Crippen LogP contribution is 2.24. The number of hydrogen-bond acceptors (Lipinski definition) is 4. The van der Waals surface area contributed by atoms with Crippen LogP contribution in [0.1, 0.15) is 39.2 Å². The normalized spacial score (nSPS) is 19.9. The van der Waals surface area contributed by atoms with Gasteiger partial charge in [0.25, 0.3) is 0 Å². The molecular formula is C16H26FN3O. The van der Waals surface area contributed by atoms with Crippen LogP contribution in [0.4, 0.5) is 10.2 Å². The van der Waals surface area contributed by atoms with E-state index in [0.29, 0.717) is 24.5 Å². The Labute approximate surface area is 126 Å². The van der Waals surface area contributed by atoms with Crippen molar-refractivity contribution in [3.05, 3.63) is 23.6 Å². The number of ether oxygens (including phenoxy) is 1. The van der Waals surface area contributed by atoms with E-state index >= 15 is 0 Å². The summed E-state index contributed by atoms with van der Waals surface area (Å²) in [5.74, 6) is 0.232. The number of nitrogens with zero attached hydrogens (tertiary/aromatic N) is 2. The molecule has 0 amide bonds. The Morgan fingerprint density at radius 1 is 1.48 bits per heavy atom. The number of hydrogen-bond donors (Lipinski definition) is 1. The quantitative estimate of drug-likeness (QED) is 0.927. The van der Waals surface area contributed by atoms with Crippen molar-refractivity contribution < 1.29 is 9.13 Å². The highest BCUT2D eigenvalue weighted by Gasteiger charge is 2.24. The molecule has 1 aromatic heterocycles. The zero-order valence-corrected chi connectivity index (χ0v) is 13.4. The third-order valence-electron chi connectivity index (χ3n) is 3.77. The first kappa shape index (κ1) is 16.2. The van der Waals surface area contributed by atoms with Crippen LogP contribution in [0.5, 0.6) is 0 Å². The topological polar surface area (TPSA) is 37.4 Å². The molecule has 0 radical (unpaired) electrons. The lowest BCUT2D eigenvalue weighted by Gasteiger charge is -2.33. The lowest BCUT2D eigenvalue weighted by atomic mass is 10.1. The zero-order valence-electron chi connectivity index (χ0n) is 13.4. The molecule has 0 aliphatic carbocycles. The Morgan fingerprint density at radius 3 is 2.90 bits per heavy atom. The number of rotatable bonds is 4. The van der Waals surface area contributed by atoms with Gasteiger partial charge in [-0.1, -0.05) is 0 Å². The average Bonchev–Trinajstić information content (AvgIpc) is 2.45. The molecular weight excluding hydrogens is 269 g/mol. The van der Waals surface area contributed by atoms with Crippen LogP contribution in [-0.4, -0.2) is 36.8 Å². The van der Waals surface area contributed by atoms with Crippen LogP contribution in [-0.2, 0) is 11.3 Å². The maximum absolute atomic E-state index is 14.7. The minimum Gasteiger partial charge on any atom is -0.380 e. The molecule has 5 heteroatoms. The predicted octanol–water partition coefficient (Wildman–Crippen LogP) is 2.72. The van der Waals surface area contributed by atoms with Crippen molar-refractivity contribution in [3.8, 4) is 0 Å². The standard InChI is InChI=1S/C16H26FN3O/c1-16(2,3)19-10-12-7-8-18-15(14(12)17)20-9-5-6-13(11-20)21-4/h7-8,13,19H,5-6,9-11H2,1-4H3. The molecule has 0 bridgehead atoms. The van der Waals surface area contributed by atoms with Gasteiger partial charge in [0, 0.05) is 44.0 Å². The summed E-state index contributed by atoms with van der Waals surface area (Å²) in [6.07, 6.45) is 3.88. The van der Waals surface area contributed by atoms with Gasteiger partial charge in [0.05, 0.1) is 6.10 Å². The molecule has 1 aliphatic heterocycles. The highest BCUT2D eigenvalue weighted by atomic mass is 19.1. The van der Waals surface area contributed by atoms with Crippen molar-refractivity contribution in [2.75, 3.05) is 25.1 Å². The minimum atomic E-state index is -0.217. The van der Waals surface area contributed by atoms with Gasteiger partial charge in [-0.2, -0.15) is 0 Å². The van der Waals surface area contributed by atoms with Crippen molar-refractivity contribution in [3.63, 3.8) is 0 Å². The second-order valence-electron chi connectivity index (χ2n) is 6.66. The van der Waals surface area contributed by atoms with Crippen molar-refractivity contribution in [2.45, 2.75) is 51.8 Å². The molecule has 0 saturated carbocycles. The fourth-order valence-corrected chi connectivity index (χ4v) is 2.51. The van der Waals surface area contributed by atoms with E-state index in [-0.39, 0.29) is 17.5 Å². The summed E-state index contributed by atoms with van der Waals surface area (Å²) in [7, 11) is 1.71. The first-order chi connectivity index (χ1) is 9.90. The summed E-state index contributed by atoms with van der Waals surface area (Å²) >= 11 is 0. The van der Waals surface area contributed by atoms with Gasteiger partial charge in [-0.15, -0.1) is 0 Å². The first-order valence-corrected chi connectivity index (χ1v) is 7.57. The van der Waals surface area contributed by atoms with E-state index in [9.17, 15) is 4.39 Å². The summed E-state index contributed by atoms with van der Waals surface area (Å²) in [5.41, 5.74) is 0.622. The molecule has 1 N–H and O–H groups in total. The molecule has 1 aliphatic rings. The molecule has 1 atom stereocenters. The van der Waals surface area contributed by atoms with E-state index < -0.39 is 0 Å². The van der Waals surface area contributed by atoms with Crippen LogP contribution >= 0.6 is 0 Å². The van der Waals surface area contributed by atoms with Crippen molar-refractivity contribution in [2.24, 2.45) is 0 Å². The molecule has 1 fully saturated rings. The van der Waals surface area contributed by atoms with Crippen molar-refractivity contribution in [1.29, 1.82) is 0 Å². The summed E-state index contributed by atoms with van der Waals surface area (Å²) in [4.78, 5) is 6.24. The van der Waals surface area contributed by atoms with Crippen LogP contribution in [0.25, 0.3) is 0 Å². The van der Waals surface area contributed by atoms with Gasteiger partial charge in [-0.25, -0.2) is 9.37 Å². The predicted molar refractivity (Wildman–Crippen MR) is 83.0 cm³/mol. The Hall–Kier alpha value is -1.20. The average molecular weight is 295 g/mol. The van der Waals surface area contributed by atoms with E-state index in [0.717, 1.165) is 19.4 Å². The number of pyridine rings is 1. The number of piperidine rings is 1. The number of aromatic nitrogens is 1. The minimum absolute atomic E-state index is 0.0395. The Bertz CT molecular complexity index is 473. The van der Waals surface area contributed by atoms with Crippen molar-refractivity contribution in [1.82, 2.24) is 10.3 Å². The van der Waals surface area contributed by atoms with Gasteiger partial charge < -0.3 is 15.0 Å². The molecule has 118 valence electrons. The number of nitrogens with one attached hydrogen (secondary N) is 1. The monoisotopic (exact) mass is 295 g/mol. The maximum Gasteiger partial charge on any atom is 0.170 e. The molecule has 0 spiro atoms. The van der Waals surface area contributed by atoms with Gasteiger partial charge in [0.1, 0.15) is 0 Å². The fourth-order valence-electron chi connectivity index (χ4n) is 2.51. The van der Waals surface area contributed by atoms with E-state index in [1.165, 1.54) is 0 Å². The van der Waals surface area contributed by atoms with Gasteiger partial charge >= 0.3 is 0 Å². The second kappa shape index (κ2) is 6.71. The number of anilines is 1. The van der Waals surface area contributed by atoms with Gasteiger partial charge in [0.2, 0.25) is 0 Å². The summed E-state index contributed by atoms with van der Waals surface area (Å²) < 4.78 is 20.1. The lowest BCUT2D eigenvalue weighted by Crippen LogP contribution is -2.40. The Kier molecular flexibility index (Phi) is 5.17. The third kappa shape index (κ3) is 4.38. The second-order valence-corrected chi connectivity index (χ2v) is 6.66. The maximum atomic E-state index is 14.7. The molecule has 2 rings (SSSR count). The fraction of sp³-hybridized carbons (Fsp3) is 0.688. The van der Waals surface area contributed by atoms with E-state index in [1.807, 2.05) is 4.90 Å². The zero-order chi connectivity index (χ0) is 15.5. The molecule has 4 nitrogen and oxygen atoms in total. The van der Waals surface area contributed by atoms with Gasteiger partial charge in [-0.05, 0) is 39.7 Å². The number of halogens is 1. The van der Waals surface area contributed by atoms with E-state index in [4.69, 9.17) is 4.74 Å². The van der Waals surface area contributed by atoms with Gasteiger partial charge in [-0.3, -0.25) is 0 Å². The smallest absolute Gasteiger partial charge is 0.170 e. The molecule has 1 aromatic rings. The lowest BCUT2D eigenvalue weighted by molar-refractivity contribution is 0.0889. The van der Waals surface area contributed by atoms with Crippen LogP contribution < -0.4 is 10.2 Å². The van der Waals surface area contributed by atoms with Crippen LogP contribution in [0.2, 0.25) is 0 Å². The molecule has 2 heterocycles. The summed E-state index contributed by atoms with van der Waals surface area (Å²) in [6, 6.07) is 1.75. The largest absolute Gasteiger partial charge is 0.380 e. The first-order valence-electron chi connectivity index (χ1n) is 7.57. The molecule has 21 heavy (non-hydrogen) atoms. The highest BCUT2D eigenvalue weighted by molar-refractivity contribution is 5.43. The summed E-state index contributed by atoms with van der Waals surface area (Å²) in [5, 5.41) is 3.32. The molecule has 0 aromatic carbocycles.